The molecule has 2 N–H and O–H groups in total. The largest absolute Gasteiger partial charge is 0.508 e. The summed E-state index contributed by atoms with van der Waals surface area (Å²) in [5, 5.41) is 21.0. The number of aryl methyl sites for hydroxylation is 1. The minimum atomic E-state index is -1.05. The minimum Gasteiger partial charge on any atom is -0.508 e. The molecule has 0 heterocycles. The number of phenols is 1. The SMILES string of the molecule is [B]c1c(O)c(C(=O)Oc2cc(C)c(C(=O)Oc3c(C)c(C)c(C(=O)O)c(C)c3C)c(C)c2C)c(C)c(C)c1OC(=O)C1(C)C(CC)=CCC=C1CC. The molecule has 3 aromatic carbocycles. The van der Waals surface area contributed by atoms with Crippen LogP contribution in [0.5, 0.6) is 23.0 Å². The normalized spacial score (nSPS) is 13.6. The number of benzene rings is 3. The molecular weight excluding hydrogens is 659 g/mol. The van der Waals surface area contributed by atoms with E-state index in [4.69, 9.17) is 22.1 Å². The number of aromatic carboxylic acids is 1. The third kappa shape index (κ3) is 6.55. The van der Waals surface area contributed by atoms with Crippen molar-refractivity contribution in [2.45, 2.75) is 102 Å². The van der Waals surface area contributed by atoms with Gasteiger partial charge < -0.3 is 24.4 Å². The van der Waals surface area contributed by atoms with Gasteiger partial charge >= 0.3 is 23.9 Å². The number of carboxylic acid groups (broad SMARTS) is 1. The Morgan fingerprint density at radius 3 is 1.63 bits per heavy atom. The molecule has 0 fully saturated rings. The highest BCUT2D eigenvalue weighted by Crippen LogP contribution is 2.44. The first-order valence-electron chi connectivity index (χ1n) is 17.4. The van der Waals surface area contributed by atoms with E-state index in [0.717, 1.165) is 17.6 Å². The zero-order chi connectivity index (χ0) is 39.1. The lowest BCUT2D eigenvalue weighted by Crippen LogP contribution is -2.38. The summed E-state index contributed by atoms with van der Waals surface area (Å²) in [6.07, 6.45) is 6.12. The average Bonchev–Trinajstić information content (AvgIpc) is 3.09. The predicted octanol–water partition coefficient (Wildman–Crippen LogP) is 8.09. The van der Waals surface area contributed by atoms with Crippen LogP contribution in [-0.4, -0.2) is 41.9 Å². The summed E-state index contributed by atoms with van der Waals surface area (Å²) in [4.78, 5) is 53.0. The molecule has 9 nitrogen and oxygen atoms in total. The quantitative estimate of drug-likeness (QED) is 0.0979. The Morgan fingerprint density at radius 2 is 1.13 bits per heavy atom. The molecule has 0 saturated carbocycles. The number of carbonyl (C=O) groups is 4. The van der Waals surface area contributed by atoms with Crippen LogP contribution in [0.2, 0.25) is 0 Å². The standard InChI is InChI=1S/C42H47BO9/c1-13-28-16-15-17-29(14-2)42(28,12)41(49)52-37-27(11)24(8)33(35(44)34(37)43)40(48)50-30-18-19(3)31(21(5)20(30)4)39(47)51-36-25(9)22(6)32(38(45)46)23(7)26(36)10/h16-18,44H,13-15H2,1-12H3,(H,45,46). The lowest BCUT2D eigenvalue weighted by Gasteiger charge is -2.35. The number of phenolic OH excluding ortho intramolecular Hbond substituents is 1. The topological polar surface area (TPSA) is 136 Å². The highest BCUT2D eigenvalue weighted by Gasteiger charge is 2.43. The Morgan fingerprint density at radius 1 is 0.673 bits per heavy atom. The van der Waals surface area contributed by atoms with Gasteiger partial charge in [0, 0.05) is 0 Å². The van der Waals surface area contributed by atoms with Crippen LogP contribution in [0.3, 0.4) is 0 Å². The van der Waals surface area contributed by atoms with E-state index in [1.54, 1.807) is 68.4 Å². The van der Waals surface area contributed by atoms with Crippen LogP contribution in [0.15, 0.2) is 29.4 Å². The maximum Gasteiger partial charge on any atom is 0.347 e. The van der Waals surface area contributed by atoms with E-state index in [9.17, 15) is 29.4 Å². The molecule has 4 rings (SSSR count). The van der Waals surface area contributed by atoms with Crippen LogP contribution in [0.25, 0.3) is 0 Å². The van der Waals surface area contributed by atoms with E-state index in [2.05, 4.69) is 0 Å². The molecular formula is C42H47BO9. The van der Waals surface area contributed by atoms with E-state index in [1.165, 1.54) is 0 Å². The molecule has 52 heavy (non-hydrogen) atoms. The number of rotatable bonds is 9. The van der Waals surface area contributed by atoms with Crippen LogP contribution in [0.1, 0.15) is 121 Å². The maximum atomic E-state index is 13.8. The summed E-state index contributed by atoms with van der Waals surface area (Å²) in [6.45, 7) is 20.9. The molecule has 0 spiro atoms. The Balaban J connectivity index is 1.66. The smallest absolute Gasteiger partial charge is 0.347 e. The van der Waals surface area contributed by atoms with Crippen molar-refractivity contribution in [1.29, 1.82) is 0 Å². The number of carbonyl (C=O) groups excluding carboxylic acids is 3. The van der Waals surface area contributed by atoms with Crippen molar-refractivity contribution >= 4 is 37.2 Å². The van der Waals surface area contributed by atoms with Gasteiger partial charge in [-0.25, -0.2) is 14.4 Å². The predicted molar refractivity (Wildman–Crippen MR) is 201 cm³/mol. The van der Waals surface area contributed by atoms with Crippen molar-refractivity contribution in [1.82, 2.24) is 0 Å². The zero-order valence-corrected chi connectivity index (χ0v) is 32.2. The van der Waals surface area contributed by atoms with Gasteiger partial charge in [-0.05, 0) is 150 Å². The van der Waals surface area contributed by atoms with Crippen LogP contribution >= 0.6 is 0 Å². The molecule has 0 aliphatic heterocycles. The van der Waals surface area contributed by atoms with Gasteiger partial charge in [0.15, 0.2) is 0 Å². The summed E-state index contributed by atoms with van der Waals surface area (Å²) < 4.78 is 17.7. The van der Waals surface area contributed by atoms with Gasteiger partial charge in [-0.15, -0.1) is 0 Å². The van der Waals surface area contributed by atoms with Crippen molar-refractivity contribution in [3.63, 3.8) is 0 Å². The summed E-state index contributed by atoms with van der Waals surface area (Å²) in [6, 6.07) is 1.54. The Hall–Kier alpha value is -5.12. The molecule has 1 aliphatic rings. The fourth-order valence-corrected chi connectivity index (χ4v) is 7.28. The van der Waals surface area contributed by atoms with Crippen LogP contribution in [0, 0.1) is 67.7 Å². The molecule has 0 aromatic heterocycles. The Labute approximate surface area is 307 Å². The van der Waals surface area contributed by atoms with E-state index >= 15 is 0 Å². The number of aromatic hydroxyl groups is 1. The summed E-state index contributed by atoms with van der Waals surface area (Å²) in [5.41, 5.74) is 5.20. The van der Waals surface area contributed by atoms with Crippen molar-refractivity contribution in [2.75, 3.05) is 0 Å². The lowest BCUT2D eigenvalue weighted by atomic mass is 9.70. The second-order valence-corrected chi connectivity index (χ2v) is 13.7. The van der Waals surface area contributed by atoms with Gasteiger partial charge in [0.25, 0.3) is 0 Å². The van der Waals surface area contributed by atoms with Crippen molar-refractivity contribution < 1.29 is 43.6 Å². The minimum absolute atomic E-state index is 0.0200. The molecule has 0 bridgehead atoms. The van der Waals surface area contributed by atoms with Crippen LogP contribution in [0.4, 0.5) is 0 Å². The van der Waals surface area contributed by atoms with Crippen molar-refractivity contribution in [2.24, 2.45) is 5.41 Å². The first-order chi connectivity index (χ1) is 24.3. The Bertz CT molecular complexity index is 2040. The number of allylic oxidation sites excluding steroid dienone is 2. The van der Waals surface area contributed by atoms with Crippen molar-refractivity contribution in [3.8, 4) is 23.0 Å². The van der Waals surface area contributed by atoms with Gasteiger partial charge in [-0.1, -0.05) is 37.1 Å². The zero-order valence-electron chi connectivity index (χ0n) is 32.2. The summed E-state index contributed by atoms with van der Waals surface area (Å²) in [5.74, 6) is -3.24. The number of ether oxygens (including phenoxy) is 3. The van der Waals surface area contributed by atoms with Crippen LogP contribution < -0.4 is 19.7 Å². The fraction of sp³-hybridized carbons (Fsp3) is 0.381. The number of hydrogen-bond donors (Lipinski definition) is 2. The maximum absolute atomic E-state index is 13.8. The monoisotopic (exact) mass is 706 g/mol. The lowest BCUT2D eigenvalue weighted by molar-refractivity contribution is -0.141. The molecule has 0 unspecified atom stereocenters. The summed E-state index contributed by atoms with van der Waals surface area (Å²) >= 11 is 0. The van der Waals surface area contributed by atoms with E-state index < -0.39 is 35.0 Å². The number of esters is 3. The molecule has 3 aromatic rings. The van der Waals surface area contributed by atoms with Gasteiger partial charge in [-0.2, -0.15) is 0 Å². The molecule has 1 aliphatic carbocycles. The highest BCUT2D eigenvalue weighted by molar-refractivity contribution is 6.37. The van der Waals surface area contributed by atoms with Crippen molar-refractivity contribution in [3.05, 3.63) is 96.1 Å². The van der Waals surface area contributed by atoms with Gasteiger partial charge in [0.1, 0.15) is 41.8 Å². The fourth-order valence-electron chi connectivity index (χ4n) is 7.28. The second-order valence-electron chi connectivity index (χ2n) is 13.7. The van der Waals surface area contributed by atoms with Gasteiger partial charge in [0.05, 0.1) is 11.1 Å². The molecule has 0 atom stereocenters. The molecule has 0 saturated heterocycles. The highest BCUT2D eigenvalue weighted by atomic mass is 16.5. The third-order valence-corrected chi connectivity index (χ3v) is 11.0. The third-order valence-electron chi connectivity index (χ3n) is 11.0. The number of carboxylic acids is 1. The van der Waals surface area contributed by atoms with E-state index in [1.807, 2.05) is 32.9 Å². The Kier molecular flexibility index (Phi) is 11.3. The first-order valence-corrected chi connectivity index (χ1v) is 17.4. The molecule has 2 radical (unpaired) electrons. The molecule has 0 amide bonds. The van der Waals surface area contributed by atoms with Crippen LogP contribution in [-0.2, 0) is 4.79 Å². The van der Waals surface area contributed by atoms with Gasteiger partial charge in [-0.3, -0.25) is 4.79 Å². The summed E-state index contributed by atoms with van der Waals surface area (Å²) in [7, 11) is 6.35. The molecule has 10 heteroatoms. The second kappa shape index (κ2) is 14.9. The first kappa shape index (κ1) is 39.7. The molecule has 272 valence electrons. The number of hydrogen-bond acceptors (Lipinski definition) is 8. The van der Waals surface area contributed by atoms with E-state index in [0.29, 0.717) is 68.7 Å². The van der Waals surface area contributed by atoms with Gasteiger partial charge in [0.2, 0.25) is 0 Å². The average molecular weight is 707 g/mol. The van der Waals surface area contributed by atoms with E-state index in [-0.39, 0.29) is 33.7 Å².